The Balaban J connectivity index is 2.06. The van der Waals surface area contributed by atoms with Crippen molar-refractivity contribution in [3.8, 4) is 0 Å². The summed E-state index contributed by atoms with van der Waals surface area (Å²) >= 11 is 4.93. The summed E-state index contributed by atoms with van der Waals surface area (Å²) < 4.78 is 5.34. The van der Waals surface area contributed by atoms with E-state index < -0.39 is 6.10 Å². The molecule has 90 valence electrons. The van der Waals surface area contributed by atoms with E-state index in [-0.39, 0.29) is 0 Å². The summed E-state index contributed by atoms with van der Waals surface area (Å²) in [5.74, 6) is 0. The third-order valence-electron chi connectivity index (χ3n) is 2.88. The first kappa shape index (κ1) is 11.2. The van der Waals surface area contributed by atoms with Gasteiger partial charge in [-0.05, 0) is 35.5 Å². The number of benzene rings is 2. The number of aromatic amines is 1. The van der Waals surface area contributed by atoms with Crippen molar-refractivity contribution in [3.05, 3.63) is 64.5 Å². The Morgan fingerprint density at radius 1 is 1.06 bits per heavy atom. The van der Waals surface area contributed by atoms with Crippen molar-refractivity contribution < 1.29 is 9.52 Å². The standard InChI is InChI=1S/C14H11NO2S/c16-13(9-4-2-1-3-5-9)10-6-7-11-12(8-10)17-14(18)15-11/h1-8,13,16H,(H,15,18). The lowest BCUT2D eigenvalue weighted by Crippen LogP contribution is -1.98. The van der Waals surface area contributed by atoms with Gasteiger partial charge in [0.2, 0.25) is 0 Å². The van der Waals surface area contributed by atoms with E-state index in [1.807, 2.05) is 42.5 Å². The van der Waals surface area contributed by atoms with E-state index in [9.17, 15) is 5.11 Å². The second-order valence-electron chi connectivity index (χ2n) is 4.08. The minimum Gasteiger partial charge on any atom is -0.429 e. The summed E-state index contributed by atoms with van der Waals surface area (Å²) in [6.45, 7) is 0. The SMILES string of the molecule is OC(c1ccccc1)c1ccc2[nH]c(=S)oc2c1. The van der Waals surface area contributed by atoms with Gasteiger partial charge in [-0.15, -0.1) is 0 Å². The zero-order valence-electron chi connectivity index (χ0n) is 9.46. The van der Waals surface area contributed by atoms with E-state index in [2.05, 4.69) is 4.98 Å². The van der Waals surface area contributed by atoms with Crippen molar-refractivity contribution in [1.82, 2.24) is 4.98 Å². The third-order valence-corrected chi connectivity index (χ3v) is 3.06. The van der Waals surface area contributed by atoms with Gasteiger partial charge in [-0.3, -0.25) is 0 Å². The lowest BCUT2D eigenvalue weighted by atomic mass is 10.0. The third kappa shape index (κ3) is 1.96. The van der Waals surface area contributed by atoms with Crippen LogP contribution in [0, 0.1) is 4.84 Å². The number of H-pyrrole nitrogens is 1. The van der Waals surface area contributed by atoms with Crippen molar-refractivity contribution in [3.63, 3.8) is 0 Å². The van der Waals surface area contributed by atoms with Crippen molar-refractivity contribution in [2.45, 2.75) is 6.10 Å². The summed E-state index contributed by atoms with van der Waals surface area (Å²) in [7, 11) is 0. The molecule has 0 saturated heterocycles. The van der Waals surface area contributed by atoms with Crippen LogP contribution in [0.2, 0.25) is 0 Å². The van der Waals surface area contributed by atoms with Gasteiger partial charge in [0, 0.05) is 0 Å². The topological polar surface area (TPSA) is 49.2 Å². The molecule has 2 N–H and O–H groups in total. The molecule has 3 nitrogen and oxygen atoms in total. The number of aromatic nitrogens is 1. The lowest BCUT2D eigenvalue weighted by Gasteiger charge is -2.10. The van der Waals surface area contributed by atoms with Gasteiger partial charge in [-0.1, -0.05) is 36.4 Å². The quantitative estimate of drug-likeness (QED) is 0.690. The first-order valence-corrected chi connectivity index (χ1v) is 6.00. The van der Waals surface area contributed by atoms with Gasteiger partial charge < -0.3 is 14.5 Å². The summed E-state index contributed by atoms with van der Waals surface area (Å²) in [6, 6.07) is 15.0. The van der Waals surface area contributed by atoms with Crippen LogP contribution >= 0.6 is 12.2 Å². The Morgan fingerprint density at radius 2 is 1.83 bits per heavy atom. The predicted molar refractivity (Wildman–Crippen MR) is 71.9 cm³/mol. The van der Waals surface area contributed by atoms with Crippen LogP contribution in [0.15, 0.2) is 52.9 Å². The molecule has 3 rings (SSSR count). The molecule has 0 radical (unpaired) electrons. The van der Waals surface area contributed by atoms with Crippen molar-refractivity contribution >= 4 is 23.3 Å². The second kappa shape index (κ2) is 4.40. The molecule has 1 unspecified atom stereocenters. The monoisotopic (exact) mass is 257 g/mol. The van der Waals surface area contributed by atoms with Gasteiger partial charge in [0.1, 0.15) is 6.10 Å². The molecule has 0 aliphatic heterocycles. The number of hydrogen-bond acceptors (Lipinski definition) is 3. The molecule has 1 aromatic heterocycles. The average molecular weight is 257 g/mol. The van der Waals surface area contributed by atoms with Crippen molar-refractivity contribution in [2.75, 3.05) is 0 Å². The van der Waals surface area contributed by atoms with Crippen LogP contribution in [-0.2, 0) is 0 Å². The fraction of sp³-hybridized carbons (Fsp3) is 0.0714. The van der Waals surface area contributed by atoms with Gasteiger partial charge in [0.15, 0.2) is 5.58 Å². The predicted octanol–water partition coefficient (Wildman–Crippen LogP) is 3.57. The van der Waals surface area contributed by atoms with Crippen molar-refractivity contribution in [1.29, 1.82) is 0 Å². The summed E-state index contributed by atoms with van der Waals surface area (Å²) in [6.07, 6.45) is -0.658. The number of oxazole rings is 1. The molecular weight excluding hydrogens is 246 g/mol. The highest BCUT2D eigenvalue weighted by Crippen LogP contribution is 2.25. The number of aliphatic hydroxyl groups excluding tert-OH is 1. The van der Waals surface area contributed by atoms with Crippen LogP contribution in [-0.4, -0.2) is 10.1 Å². The van der Waals surface area contributed by atoms with Crippen LogP contribution in [0.4, 0.5) is 0 Å². The van der Waals surface area contributed by atoms with Gasteiger partial charge in [-0.2, -0.15) is 0 Å². The van der Waals surface area contributed by atoms with Crippen LogP contribution in [0.3, 0.4) is 0 Å². The highest BCUT2D eigenvalue weighted by Gasteiger charge is 2.11. The van der Waals surface area contributed by atoms with Gasteiger partial charge in [-0.25, -0.2) is 0 Å². The van der Waals surface area contributed by atoms with Crippen LogP contribution < -0.4 is 0 Å². The largest absolute Gasteiger partial charge is 0.429 e. The van der Waals surface area contributed by atoms with E-state index in [0.29, 0.717) is 10.4 Å². The summed E-state index contributed by atoms with van der Waals surface area (Å²) in [4.78, 5) is 3.27. The molecule has 0 fully saturated rings. The van der Waals surface area contributed by atoms with Gasteiger partial charge in [0.25, 0.3) is 4.84 Å². The number of hydrogen-bond donors (Lipinski definition) is 2. The molecule has 0 saturated carbocycles. The van der Waals surface area contributed by atoms with Crippen LogP contribution in [0.25, 0.3) is 11.1 Å². The Morgan fingerprint density at radius 3 is 2.61 bits per heavy atom. The highest BCUT2D eigenvalue weighted by molar-refractivity contribution is 7.71. The fourth-order valence-electron chi connectivity index (χ4n) is 1.96. The van der Waals surface area contributed by atoms with E-state index in [0.717, 1.165) is 16.6 Å². The Kier molecular flexibility index (Phi) is 2.74. The maximum atomic E-state index is 10.3. The molecule has 0 bridgehead atoms. The Hall–Kier alpha value is -1.91. The van der Waals surface area contributed by atoms with Crippen LogP contribution in [0.5, 0.6) is 0 Å². The zero-order chi connectivity index (χ0) is 12.5. The molecule has 1 heterocycles. The van der Waals surface area contributed by atoms with E-state index >= 15 is 0 Å². The molecule has 0 spiro atoms. The minimum absolute atomic E-state index is 0.344. The Labute approximate surface area is 109 Å². The molecule has 4 heteroatoms. The number of nitrogens with one attached hydrogen (secondary N) is 1. The van der Waals surface area contributed by atoms with E-state index in [1.54, 1.807) is 6.07 Å². The minimum atomic E-state index is -0.658. The first-order chi connectivity index (χ1) is 8.74. The lowest BCUT2D eigenvalue weighted by molar-refractivity contribution is 0.220. The molecule has 0 aliphatic rings. The molecule has 1 atom stereocenters. The zero-order valence-corrected chi connectivity index (χ0v) is 10.3. The van der Waals surface area contributed by atoms with Crippen LogP contribution in [0.1, 0.15) is 17.2 Å². The number of aliphatic hydroxyl groups is 1. The molecule has 0 amide bonds. The molecule has 18 heavy (non-hydrogen) atoms. The molecule has 3 aromatic rings. The normalized spacial score (nSPS) is 12.7. The summed E-state index contributed by atoms with van der Waals surface area (Å²) in [5, 5.41) is 10.3. The fourth-order valence-corrected chi connectivity index (χ4v) is 2.16. The van der Waals surface area contributed by atoms with Crippen molar-refractivity contribution in [2.24, 2.45) is 0 Å². The van der Waals surface area contributed by atoms with Gasteiger partial charge >= 0.3 is 0 Å². The summed E-state index contributed by atoms with van der Waals surface area (Å²) in [5.41, 5.74) is 3.13. The number of rotatable bonds is 2. The van der Waals surface area contributed by atoms with Gasteiger partial charge in [0.05, 0.1) is 5.52 Å². The maximum absolute atomic E-state index is 10.3. The first-order valence-electron chi connectivity index (χ1n) is 5.60. The number of fused-ring (bicyclic) bond motifs is 1. The Bertz CT molecular complexity index is 730. The second-order valence-corrected chi connectivity index (χ2v) is 4.45. The molecule has 2 aromatic carbocycles. The maximum Gasteiger partial charge on any atom is 0.266 e. The van der Waals surface area contributed by atoms with E-state index in [4.69, 9.17) is 16.6 Å². The molecular formula is C14H11NO2S. The average Bonchev–Trinajstić information content (AvgIpc) is 2.78. The van der Waals surface area contributed by atoms with E-state index in [1.165, 1.54) is 0 Å². The smallest absolute Gasteiger partial charge is 0.266 e. The highest BCUT2D eigenvalue weighted by atomic mass is 32.1. The molecule has 0 aliphatic carbocycles.